The van der Waals surface area contributed by atoms with Crippen LogP contribution in [0.3, 0.4) is 0 Å². The Hall–Kier alpha value is -7.54. The highest BCUT2D eigenvalue weighted by molar-refractivity contribution is 6.22. The molecule has 0 spiro atoms. The predicted octanol–water partition coefficient (Wildman–Crippen LogP) is 14.8. The SMILES string of the molecule is C.C=C/C=c1/cc(-c2c3ccccc3c(-c3ccc4ccccc4c3)c3ccc(-c4ccc5c(c4)C(c4ccccc4)(c4ccccc4)c4cc(C)ccc4-5)cc23)ccc1=C. The summed E-state index contributed by atoms with van der Waals surface area (Å²) >= 11 is 0. The summed E-state index contributed by atoms with van der Waals surface area (Å²) in [6.45, 7) is 10.6. The Morgan fingerprint density at radius 3 is 1.66 bits per heavy atom. The molecule has 1 aliphatic rings. The standard InChI is InChI=1S/C60H42.CH4/c1-4-15-42-35-46(26-25-40(42)3)59-53-23-14-13-22-52(53)58(47-28-27-41-16-11-12-17-43(41)36-47)54-33-30-44(37-55(54)59)45-29-32-51-50-31-24-39(2)34-56(50)60(57(51)38-45,48-18-7-5-8-19-48)49-20-9-6-10-21-49;/h4-38H,1,3H2,2H3;1H4/b42-15-;. The molecule has 1 aliphatic carbocycles. The van der Waals surface area contributed by atoms with E-state index in [-0.39, 0.29) is 7.43 Å². The quantitative estimate of drug-likeness (QED) is 0.148. The van der Waals surface area contributed by atoms with Crippen LogP contribution in [0.1, 0.15) is 35.2 Å². The lowest BCUT2D eigenvalue weighted by molar-refractivity contribution is 0.768. The Morgan fingerprint density at radius 2 is 0.951 bits per heavy atom. The second-order valence-electron chi connectivity index (χ2n) is 16.2. The van der Waals surface area contributed by atoms with E-state index in [0.717, 1.165) is 16.0 Å². The average molecular weight is 779 g/mol. The molecule has 10 aromatic rings. The van der Waals surface area contributed by atoms with Crippen LogP contribution in [0.5, 0.6) is 0 Å². The molecule has 11 rings (SSSR count). The minimum atomic E-state index is -0.481. The van der Waals surface area contributed by atoms with Crippen molar-refractivity contribution in [3.8, 4) is 44.5 Å². The largest absolute Gasteiger partial charge is 0.0990 e. The molecule has 0 radical (unpaired) electrons. The highest BCUT2D eigenvalue weighted by Gasteiger charge is 2.46. The van der Waals surface area contributed by atoms with Gasteiger partial charge in [0.25, 0.3) is 0 Å². The smallest absolute Gasteiger partial charge is 0.0713 e. The molecule has 0 aliphatic heterocycles. The van der Waals surface area contributed by atoms with E-state index in [1.54, 1.807) is 0 Å². The molecule has 0 saturated carbocycles. The lowest BCUT2D eigenvalue weighted by Crippen LogP contribution is -2.28. The second kappa shape index (κ2) is 14.9. The van der Waals surface area contributed by atoms with E-state index in [9.17, 15) is 0 Å². The van der Waals surface area contributed by atoms with E-state index in [2.05, 4.69) is 226 Å². The van der Waals surface area contributed by atoms with Crippen molar-refractivity contribution in [1.29, 1.82) is 0 Å². The molecule has 0 unspecified atom stereocenters. The Morgan fingerprint density at radius 1 is 0.426 bits per heavy atom. The fourth-order valence-electron chi connectivity index (χ4n) is 10.1. The summed E-state index contributed by atoms with van der Waals surface area (Å²) < 4.78 is 0. The zero-order chi connectivity index (χ0) is 40.4. The van der Waals surface area contributed by atoms with Crippen molar-refractivity contribution in [2.75, 3.05) is 0 Å². The molecule has 0 aromatic heterocycles. The number of fused-ring (bicyclic) bond motifs is 6. The van der Waals surface area contributed by atoms with Gasteiger partial charge >= 0.3 is 0 Å². The summed E-state index contributed by atoms with van der Waals surface area (Å²) in [5.41, 5.74) is 15.8. The van der Waals surface area contributed by atoms with E-state index >= 15 is 0 Å². The van der Waals surface area contributed by atoms with E-state index in [1.165, 1.54) is 99.1 Å². The molecule has 0 saturated heterocycles. The molecular formula is C61H46. The maximum absolute atomic E-state index is 4.36. The lowest BCUT2D eigenvalue weighted by Gasteiger charge is -2.34. The van der Waals surface area contributed by atoms with Crippen LogP contribution < -0.4 is 10.4 Å². The topological polar surface area (TPSA) is 0 Å². The van der Waals surface area contributed by atoms with Crippen molar-refractivity contribution in [2.45, 2.75) is 19.8 Å². The minimum absolute atomic E-state index is 0. The van der Waals surface area contributed by atoms with Crippen LogP contribution in [-0.4, -0.2) is 0 Å². The molecule has 0 nitrogen and oxygen atoms in total. The zero-order valence-electron chi connectivity index (χ0n) is 33.6. The third kappa shape index (κ3) is 5.90. The fourth-order valence-corrected chi connectivity index (χ4v) is 10.1. The van der Waals surface area contributed by atoms with Gasteiger partial charge in [-0.15, -0.1) is 0 Å². The van der Waals surface area contributed by atoms with Gasteiger partial charge in [-0.2, -0.15) is 0 Å². The highest BCUT2D eigenvalue weighted by Crippen LogP contribution is 2.57. The maximum atomic E-state index is 4.36. The Balaban J connectivity index is 0.00000445. The second-order valence-corrected chi connectivity index (χ2v) is 16.2. The van der Waals surface area contributed by atoms with E-state index in [0.29, 0.717) is 0 Å². The first-order chi connectivity index (χ1) is 29.5. The van der Waals surface area contributed by atoms with Gasteiger partial charge in [0.1, 0.15) is 0 Å². The number of hydrogen-bond acceptors (Lipinski definition) is 0. The predicted molar refractivity (Wildman–Crippen MR) is 263 cm³/mol. The molecule has 0 amide bonds. The molecule has 0 atom stereocenters. The first-order valence-corrected chi connectivity index (χ1v) is 20.8. The highest BCUT2D eigenvalue weighted by atomic mass is 14.5. The molecule has 0 N–H and O–H groups in total. The van der Waals surface area contributed by atoms with Gasteiger partial charge in [0, 0.05) is 0 Å². The number of benzene rings is 10. The summed E-state index contributed by atoms with van der Waals surface area (Å²) in [7, 11) is 0. The van der Waals surface area contributed by atoms with Gasteiger partial charge < -0.3 is 0 Å². The average Bonchev–Trinajstić information content (AvgIpc) is 3.58. The van der Waals surface area contributed by atoms with Gasteiger partial charge in [-0.25, -0.2) is 0 Å². The molecule has 10 aromatic carbocycles. The normalized spacial score (nSPS) is 12.9. The van der Waals surface area contributed by atoms with Crippen LogP contribution in [0, 0.1) is 6.92 Å². The van der Waals surface area contributed by atoms with Gasteiger partial charge in [0.05, 0.1) is 5.41 Å². The monoisotopic (exact) mass is 778 g/mol. The first kappa shape index (κ1) is 37.7. The molecular weight excluding hydrogens is 733 g/mol. The van der Waals surface area contributed by atoms with Crippen molar-refractivity contribution >= 4 is 45.0 Å². The van der Waals surface area contributed by atoms with Crippen molar-refractivity contribution in [3.05, 3.63) is 251 Å². The van der Waals surface area contributed by atoms with Crippen LogP contribution in [0.15, 0.2) is 213 Å². The van der Waals surface area contributed by atoms with E-state index in [1.807, 2.05) is 6.08 Å². The van der Waals surface area contributed by atoms with Gasteiger partial charge in [0.2, 0.25) is 0 Å². The van der Waals surface area contributed by atoms with Crippen LogP contribution >= 0.6 is 0 Å². The number of aryl methyl sites for hydroxylation is 1. The van der Waals surface area contributed by atoms with Crippen LogP contribution in [0.4, 0.5) is 0 Å². The van der Waals surface area contributed by atoms with Gasteiger partial charge in [-0.05, 0) is 141 Å². The molecule has 0 heterocycles. The fraction of sp³-hybridized carbons (Fsp3) is 0.0492. The van der Waals surface area contributed by atoms with Crippen LogP contribution in [0.2, 0.25) is 0 Å². The van der Waals surface area contributed by atoms with Crippen LogP contribution in [0.25, 0.3) is 89.5 Å². The Kier molecular flexibility index (Phi) is 9.23. The number of rotatable bonds is 6. The summed E-state index contributed by atoms with van der Waals surface area (Å²) in [6.07, 6.45) is 3.91. The van der Waals surface area contributed by atoms with Crippen LogP contribution in [-0.2, 0) is 5.41 Å². The Labute approximate surface area is 358 Å². The van der Waals surface area contributed by atoms with E-state index in [4.69, 9.17) is 0 Å². The Bertz CT molecular complexity index is 3420. The zero-order valence-corrected chi connectivity index (χ0v) is 33.6. The summed E-state index contributed by atoms with van der Waals surface area (Å²) in [5.74, 6) is 0. The summed E-state index contributed by atoms with van der Waals surface area (Å²) in [6, 6.07) is 74.6. The van der Waals surface area contributed by atoms with Gasteiger partial charge in [-0.1, -0.05) is 214 Å². The van der Waals surface area contributed by atoms with E-state index < -0.39 is 5.41 Å². The minimum Gasteiger partial charge on any atom is -0.0990 e. The molecule has 0 heteroatoms. The third-order valence-electron chi connectivity index (χ3n) is 12.8. The summed E-state index contributed by atoms with van der Waals surface area (Å²) in [4.78, 5) is 0. The molecule has 61 heavy (non-hydrogen) atoms. The maximum Gasteiger partial charge on any atom is 0.0713 e. The number of allylic oxidation sites excluding steroid dienone is 1. The molecule has 290 valence electrons. The summed E-state index contributed by atoms with van der Waals surface area (Å²) in [5, 5.41) is 9.42. The van der Waals surface area contributed by atoms with Gasteiger partial charge in [-0.3, -0.25) is 0 Å². The lowest BCUT2D eigenvalue weighted by atomic mass is 9.67. The van der Waals surface area contributed by atoms with Gasteiger partial charge in [0.15, 0.2) is 0 Å². The van der Waals surface area contributed by atoms with Crippen molar-refractivity contribution in [2.24, 2.45) is 0 Å². The van der Waals surface area contributed by atoms with Crippen molar-refractivity contribution < 1.29 is 0 Å². The molecule has 0 bridgehead atoms. The first-order valence-electron chi connectivity index (χ1n) is 20.8. The van der Waals surface area contributed by atoms with Crippen molar-refractivity contribution in [1.82, 2.24) is 0 Å². The third-order valence-corrected chi connectivity index (χ3v) is 12.8. The molecule has 0 fully saturated rings. The number of hydrogen-bond donors (Lipinski definition) is 0. The van der Waals surface area contributed by atoms with Crippen molar-refractivity contribution in [3.63, 3.8) is 0 Å².